The van der Waals surface area contributed by atoms with E-state index in [-0.39, 0.29) is 17.2 Å². The van der Waals surface area contributed by atoms with Crippen molar-refractivity contribution >= 4 is 11.9 Å². The van der Waals surface area contributed by atoms with Crippen molar-refractivity contribution in [3.63, 3.8) is 0 Å². The molecule has 0 aromatic rings. The van der Waals surface area contributed by atoms with Gasteiger partial charge in [-0.1, -0.05) is 19.8 Å². The van der Waals surface area contributed by atoms with Gasteiger partial charge in [-0.25, -0.2) is 4.79 Å². The summed E-state index contributed by atoms with van der Waals surface area (Å²) in [5.41, 5.74) is -0.331. The van der Waals surface area contributed by atoms with Crippen LogP contribution in [0.2, 0.25) is 0 Å². The number of aliphatic carboxylic acids is 1. The molecule has 90 valence electrons. The van der Waals surface area contributed by atoms with E-state index in [2.05, 4.69) is 5.32 Å². The van der Waals surface area contributed by atoms with Gasteiger partial charge in [0.25, 0.3) is 0 Å². The van der Waals surface area contributed by atoms with E-state index in [0.717, 1.165) is 38.5 Å². The molecule has 1 amide bonds. The van der Waals surface area contributed by atoms with Crippen LogP contribution in [-0.4, -0.2) is 23.0 Å². The topological polar surface area (TPSA) is 66.4 Å². The number of carbonyl (C=O) groups excluding carboxylic acids is 1. The van der Waals surface area contributed by atoms with Gasteiger partial charge in [0.05, 0.1) is 0 Å². The Bertz CT molecular complexity index is 303. The van der Waals surface area contributed by atoms with E-state index >= 15 is 0 Å². The molecule has 16 heavy (non-hydrogen) atoms. The van der Waals surface area contributed by atoms with Crippen molar-refractivity contribution in [2.75, 3.05) is 0 Å². The number of hydrogen-bond donors (Lipinski definition) is 2. The standard InChI is InChI=1S/C12H19NO3/c1-12(6-2-3-7-12)11(16)13-9(10(14)15)8-4-5-8/h8-9H,2-7H2,1H3,(H,13,16)(H,14,15). The van der Waals surface area contributed by atoms with Gasteiger partial charge in [-0.3, -0.25) is 4.79 Å². The van der Waals surface area contributed by atoms with E-state index in [1.165, 1.54) is 0 Å². The molecule has 2 rings (SSSR count). The number of nitrogens with one attached hydrogen (secondary N) is 1. The Morgan fingerprint density at radius 3 is 2.31 bits per heavy atom. The molecule has 2 fully saturated rings. The molecule has 0 aromatic carbocycles. The maximum Gasteiger partial charge on any atom is 0.326 e. The summed E-state index contributed by atoms with van der Waals surface area (Å²) in [6, 6.07) is -0.662. The van der Waals surface area contributed by atoms with E-state index in [4.69, 9.17) is 5.11 Å². The van der Waals surface area contributed by atoms with Crippen LogP contribution >= 0.6 is 0 Å². The molecule has 4 heteroatoms. The van der Waals surface area contributed by atoms with Gasteiger partial charge < -0.3 is 10.4 Å². The predicted molar refractivity (Wildman–Crippen MR) is 58.9 cm³/mol. The van der Waals surface area contributed by atoms with Gasteiger partial charge in [0.2, 0.25) is 5.91 Å². The van der Waals surface area contributed by atoms with Crippen LogP contribution in [0, 0.1) is 11.3 Å². The molecular formula is C12H19NO3. The number of carboxylic acids is 1. The molecule has 0 radical (unpaired) electrons. The number of carbonyl (C=O) groups is 2. The molecule has 0 aromatic heterocycles. The van der Waals surface area contributed by atoms with Crippen molar-refractivity contribution in [1.29, 1.82) is 0 Å². The highest BCUT2D eigenvalue weighted by atomic mass is 16.4. The summed E-state index contributed by atoms with van der Waals surface area (Å²) in [5.74, 6) is -0.798. The fourth-order valence-electron chi connectivity index (χ4n) is 2.51. The first-order chi connectivity index (χ1) is 7.53. The zero-order valence-corrected chi connectivity index (χ0v) is 9.66. The Kier molecular flexibility index (Phi) is 2.91. The minimum absolute atomic E-state index is 0.0655. The van der Waals surface area contributed by atoms with Crippen molar-refractivity contribution < 1.29 is 14.7 Å². The second-order valence-electron chi connectivity index (χ2n) is 5.39. The van der Waals surface area contributed by atoms with Crippen molar-refractivity contribution in [2.24, 2.45) is 11.3 Å². The quantitative estimate of drug-likeness (QED) is 0.762. The molecule has 0 aliphatic heterocycles. The summed E-state index contributed by atoms with van der Waals surface area (Å²) < 4.78 is 0. The van der Waals surface area contributed by atoms with Crippen LogP contribution in [0.4, 0.5) is 0 Å². The van der Waals surface area contributed by atoms with Gasteiger partial charge in [0.1, 0.15) is 6.04 Å². The Morgan fingerprint density at radius 2 is 1.88 bits per heavy atom. The molecule has 0 heterocycles. The van der Waals surface area contributed by atoms with E-state index in [0.29, 0.717) is 0 Å². The molecular weight excluding hydrogens is 206 g/mol. The predicted octanol–water partition coefficient (Wildman–Crippen LogP) is 1.55. The first kappa shape index (κ1) is 11.4. The zero-order valence-electron chi connectivity index (χ0n) is 9.66. The lowest BCUT2D eigenvalue weighted by atomic mass is 9.87. The summed E-state index contributed by atoms with van der Waals surface area (Å²) in [6.45, 7) is 1.95. The van der Waals surface area contributed by atoms with Crippen LogP contribution < -0.4 is 5.32 Å². The highest BCUT2D eigenvalue weighted by molar-refractivity contribution is 5.87. The van der Waals surface area contributed by atoms with Gasteiger partial charge in [-0.05, 0) is 31.6 Å². The molecule has 0 bridgehead atoms. The van der Waals surface area contributed by atoms with Gasteiger partial charge in [0.15, 0.2) is 0 Å². The first-order valence-electron chi connectivity index (χ1n) is 6.07. The summed E-state index contributed by atoms with van der Waals surface area (Å²) >= 11 is 0. The van der Waals surface area contributed by atoms with Gasteiger partial charge >= 0.3 is 5.97 Å². The average molecular weight is 225 g/mol. The minimum Gasteiger partial charge on any atom is -0.480 e. The van der Waals surface area contributed by atoms with Crippen LogP contribution in [0.25, 0.3) is 0 Å². The lowest BCUT2D eigenvalue weighted by molar-refractivity contribution is -0.144. The van der Waals surface area contributed by atoms with E-state index in [1.54, 1.807) is 0 Å². The third kappa shape index (κ3) is 2.20. The SMILES string of the molecule is CC1(C(=O)NC(C(=O)O)C2CC2)CCCC1. The third-order valence-corrected chi connectivity index (χ3v) is 3.90. The molecule has 2 aliphatic rings. The fraction of sp³-hybridized carbons (Fsp3) is 0.833. The largest absolute Gasteiger partial charge is 0.480 e. The van der Waals surface area contributed by atoms with Crippen LogP contribution in [0.1, 0.15) is 45.4 Å². The van der Waals surface area contributed by atoms with Crippen molar-refractivity contribution in [1.82, 2.24) is 5.32 Å². The van der Waals surface area contributed by atoms with Crippen LogP contribution in [0.3, 0.4) is 0 Å². The number of hydrogen-bond acceptors (Lipinski definition) is 2. The third-order valence-electron chi connectivity index (χ3n) is 3.90. The molecule has 1 unspecified atom stereocenters. The molecule has 4 nitrogen and oxygen atoms in total. The lowest BCUT2D eigenvalue weighted by Crippen LogP contribution is -2.47. The van der Waals surface area contributed by atoms with E-state index < -0.39 is 12.0 Å². The fourth-order valence-corrected chi connectivity index (χ4v) is 2.51. The molecule has 0 saturated heterocycles. The molecule has 2 saturated carbocycles. The molecule has 2 aliphatic carbocycles. The van der Waals surface area contributed by atoms with Gasteiger partial charge in [-0.2, -0.15) is 0 Å². The number of carboxylic acid groups (broad SMARTS) is 1. The van der Waals surface area contributed by atoms with E-state index in [1.807, 2.05) is 6.92 Å². The number of amides is 1. The summed E-state index contributed by atoms with van der Waals surface area (Å²) in [4.78, 5) is 23.1. The lowest BCUT2D eigenvalue weighted by Gasteiger charge is -2.25. The Balaban J connectivity index is 1.97. The molecule has 0 spiro atoms. The summed E-state index contributed by atoms with van der Waals surface area (Å²) in [7, 11) is 0. The maximum absolute atomic E-state index is 12.0. The van der Waals surface area contributed by atoms with Gasteiger partial charge in [0, 0.05) is 5.41 Å². The highest BCUT2D eigenvalue weighted by Crippen LogP contribution is 2.39. The summed E-state index contributed by atoms with van der Waals surface area (Å²) in [5, 5.41) is 11.8. The average Bonchev–Trinajstić information content (AvgIpc) is 2.96. The number of rotatable bonds is 4. The molecule has 2 N–H and O–H groups in total. The van der Waals surface area contributed by atoms with Crippen molar-refractivity contribution in [2.45, 2.75) is 51.5 Å². The second-order valence-corrected chi connectivity index (χ2v) is 5.39. The second kappa shape index (κ2) is 4.07. The smallest absolute Gasteiger partial charge is 0.326 e. The minimum atomic E-state index is -0.891. The zero-order chi connectivity index (χ0) is 11.8. The Hall–Kier alpha value is -1.06. The monoisotopic (exact) mass is 225 g/mol. The van der Waals surface area contributed by atoms with Crippen molar-refractivity contribution in [3.8, 4) is 0 Å². The van der Waals surface area contributed by atoms with Crippen molar-refractivity contribution in [3.05, 3.63) is 0 Å². The molecule has 1 atom stereocenters. The van der Waals surface area contributed by atoms with Gasteiger partial charge in [-0.15, -0.1) is 0 Å². The van der Waals surface area contributed by atoms with E-state index in [9.17, 15) is 9.59 Å². The highest BCUT2D eigenvalue weighted by Gasteiger charge is 2.42. The Morgan fingerprint density at radius 1 is 1.31 bits per heavy atom. The Labute approximate surface area is 95.4 Å². The maximum atomic E-state index is 12.0. The first-order valence-corrected chi connectivity index (χ1v) is 6.07. The normalized spacial score (nSPS) is 25.1. The van der Waals surface area contributed by atoms with Crippen LogP contribution in [0.15, 0.2) is 0 Å². The van der Waals surface area contributed by atoms with Crippen LogP contribution in [-0.2, 0) is 9.59 Å². The summed E-state index contributed by atoms with van der Waals surface area (Å²) in [6.07, 6.45) is 5.77. The van der Waals surface area contributed by atoms with Crippen LogP contribution in [0.5, 0.6) is 0 Å².